The van der Waals surface area contributed by atoms with Crippen molar-refractivity contribution in [2.45, 2.75) is 26.4 Å². The zero-order valence-corrected chi connectivity index (χ0v) is 5.69. The number of hydrogen-bond donors (Lipinski definition) is 0. The second kappa shape index (κ2) is 4.30. The second-order valence-electron chi connectivity index (χ2n) is 1.63. The molecule has 0 aliphatic rings. The highest BCUT2D eigenvalue weighted by Gasteiger charge is 2.14. The highest BCUT2D eigenvalue weighted by Crippen LogP contribution is 1.98. The Morgan fingerprint density at radius 2 is 2.22 bits per heavy atom. The molecule has 0 radical (unpaired) electrons. The molecule has 1 atom stereocenters. The fraction of sp³-hybridized carbons (Fsp3) is 0.833. The third kappa shape index (κ3) is 3.06. The lowest BCUT2D eigenvalue weighted by atomic mass is 10.3. The lowest BCUT2D eigenvalue weighted by Gasteiger charge is -2.02. The van der Waals surface area contributed by atoms with Gasteiger partial charge in [0.25, 0.3) is 0 Å². The smallest absolute Gasteiger partial charge is 0.340 e. The van der Waals surface area contributed by atoms with Crippen LogP contribution in [0.3, 0.4) is 0 Å². The summed E-state index contributed by atoms with van der Waals surface area (Å²) in [6.45, 7) is 3.50. The van der Waals surface area contributed by atoms with Gasteiger partial charge in [-0.05, 0) is 13.3 Å². The first-order valence-electron chi connectivity index (χ1n) is 3.03. The zero-order chi connectivity index (χ0) is 7.28. The lowest BCUT2D eigenvalue weighted by Crippen LogP contribution is -2.17. The number of alkyl halides is 1. The van der Waals surface area contributed by atoms with E-state index in [4.69, 9.17) is 0 Å². The van der Waals surface area contributed by atoms with Crippen molar-refractivity contribution in [2.24, 2.45) is 0 Å². The Morgan fingerprint density at radius 1 is 1.67 bits per heavy atom. The van der Waals surface area contributed by atoms with Gasteiger partial charge in [-0.15, -0.1) is 0 Å². The molecule has 0 N–H and O–H groups in total. The standard InChI is InChI=1S/C6H11FO2/c1-3-5(7)6(8)9-4-2/h5H,3-4H2,1-2H3/t5-/m0/s1. The Bertz CT molecular complexity index is 93.1. The predicted octanol–water partition coefficient (Wildman–Crippen LogP) is 1.30. The minimum absolute atomic E-state index is 0.193. The van der Waals surface area contributed by atoms with Crippen LogP contribution in [0.1, 0.15) is 20.3 Å². The van der Waals surface area contributed by atoms with Crippen LogP contribution in [0.25, 0.3) is 0 Å². The molecule has 0 fully saturated rings. The van der Waals surface area contributed by atoms with E-state index in [9.17, 15) is 9.18 Å². The molecule has 2 nitrogen and oxygen atoms in total. The maximum atomic E-state index is 12.2. The van der Waals surface area contributed by atoms with E-state index in [0.29, 0.717) is 0 Å². The minimum atomic E-state index is -1.44. The molecule has 0 aliphatic carbocycles. The quantitative estimate of drug-likeness (QED) is 0.544. The topological polar surface area (TPSA) is 26.3 Å². The number of hydrogen-bond acceptors (Lipinski definition) is 2. The third-order valence-electron chi connectivity index (χ3n) is 0.901. The maximum Gasteiger partial charge on any atom is 0.340 e. The summed E-state index contributed by atoms with van der Waals surface area (Å²) in [5, 5.41) is 0. The fourth-order valence-electron chi connectivity index (χ4n) is 0.399. The van der Waals surface area contributed by atoms with Crippen molar-refractivity contribution in [2.75, 3.05) is 6.61 Å². The van der Waals surface area contributed by atoms with E-state index < -0.39 is 12.1 Å². The van der Waals surface area contributed by atoms with Crippen LogP contribution in [0, 0.1) is 0 Å². The largest absolute Gasteiger partial charge is 0.464 e. The molecule has 0 aromatic rings. The van der Waals surface area contributed by atoms with Gasteiger partial charge in [-0.1, -0.05) is 6.92 Å². The van der Waals surface area contributed by atoms with Gasteiger partial charge in [0.15, 0.2) is 6.17 Å². The van der Waals surface area contributed by atoms with Crippen LogP contribution < -0.4 is 0 Å². The van der Waals surface area contributed by atoms with E-state index >= 15 is 0 Å². The van der Waals surface area contributed by atoms with E-state index in [1.165, 1.54) is 0 Å². The van der Waals surface area contributed by atoms with Gasteiger partial charge in [0, 0.05) is 0 Å². The molecule has 0 aromatic carbocycles. The van der Waals surface area contributed by atoms with Gasteiger partial charge >= 0.3 is 5.97 Å². The molecule has 0 heterocycles. The number of esters is 1. The highest BCUT2D eigenvalue weighted by molar-refractivity contribution is 5.74. The molecular formula is C6H11FO2. The number of halogens is 1. The average molecular weight is 134 g/mol. The molecule has 3 heteroatoms. The Kier molecular flexibility index (Phi) is 4.01. The highest BCUT2D eigenvalue weighted by atomic mass is 19.1. The SMILES string of the molecule is CCOC(=O)[C@@H](F)CC. The minimum Gasteiger partial charge on any atom is -0.464 e. The molecular weight excluding hydrogens is 123 g/mol. The molecule has 0 saturated heterocycles. The molecule has 0 rings (SSSR count). The average Bonchev–Trinajstić information content (AvgIpc) is 1.87. The Labute approximate surface area is 54.0 Å². The Morgan fingerprint density at radius 3 is 2.56 bits per heavy atom. The van der Waals surface area contributed by atoms with Crippen molar-refractivity contribution in [1.29, 1.82) is 0 Å². The van der Waals surface area contributed by atoms with E-state index in [0.717, 1.165) is 0 Å². The van der Waals surface area contributed by atoms with Gasteiger partial charge in [-0.2, -0.15) is 0 Å². The summed E-state index contributed by atoms with van der Waals surface area (Å²) in [6, 6.07) is 0. The molecule has 0 bridgehead atoms. The van der Waals surface area contributed by atoms with E-state index in [1.807, 2.05) is 0 Å². The molecule has 9 heavy (non-hydrogen) atoms. The van der Waals surface area contributed by atoms with Crippen LogP contribution in [0.4, 0.5) is 4.39 Å². The van der Waals surface area contributed by atoms with Crippen LogP contribution in [0.15, 0.2) is 0 Å². The van der Waals surface area contributed by atoms with Crippen molar-refractivity contribution in [3.63, 3.8) is 0 Å². The van der Waals surface area contributed by atoms with Crippen LogP contribution in [0.2, 0.25) is 0 Å². The normalized spacial score (nSPS) is 12.8. The van der Waals surface area contributed by atoms with Crippen molar-refractivity contribution in [3.05, 3.63) is 0 Å². The fourth-order valence-corrected chi connectivity index (χ4v) is 0.399. The number of ether oxygens (including phenoxy) is 1. The third-order valence-corrected chi connectivity index (χ3v) is 0.901. The molecule has 0 amide bonds. The van der Waals surface area contributed by atoms with Crippen LogP contribution in [-0.2, 0) is 9.53 Å². The number of carbonyl (C=O) groups is 1. The van der Waals surface area contributed by atoms with E-state index in [1.54, 1.807) is 13.8 Å². The summed E-state index contributed by atoms with van der Waals surface area (Å²) in [5.41, 5.74) is 0. The molecule has 54 valence electrons. The molecule has 0 saturated carbocycles. The first-order valence-corrected chi connectivity index (χ1v) is 3.03. The van der Waals surface area contributed by atoms with Crippen molar-refractivity contribution in [1.82, 2.24) is 0 Å². The number of rotatable bonds is 3. The van der Waals surface area contributed by atoms with Crippen LogP contribution >= 0.6 is 0 Å². The number of carbonyl (C=O) groups excluding carboxylic acids is 1. The van der Waals surface area contributed by atoms with Gasteiger partial charge in [-0.3, -0.25) is 0 Å². The van der Waals surface area contributed by atoms with Gasteiger partial charge in [0.1, 0.15) is 0 Å². The molecule has 0 spiro atoms. The molecule has 0 aromatic heterocycles. The molecule has 0 unspecified atom stereocenters. The predicted molar refractivity (Wildman–Crippen MR) is 31.8 cm³/mol. The van der Waals surface area contributed by atoms with Crippen molar-refractivity contribution >= 4 is 5.97 Å². The summed E-state index contributed by atoms with van der Waals surface area (Å²) >= 11 is 0. The Hall–Kier alpha value is -0.600. The van der Waals surface area contributed by atoms with Gasteiger partial charge in [-0.25, -0.2) is 9.18 Å². The Balaban J connectivity index is 3.46. The van der Waals surface area contributed by atoms with E-state index in [-0.39, 0.29) is 13.0 Å². The summed E-state index contributed by atoms with van der Waals surface area (Å²) in [5.74, 6) is -0.750. The summed E-state index contributed by atoms with van der Waals surface area (Å²) < 4.78 is 16.6. The van der Waals surface area contributed by atoms with Gasteiger partial charge in [0.05, 0.1) is 6.61 Å². The van der Waals surface area contributed by atoms with Gasteiger partial charge in [0.2, 0.25) is 0 Å². The van der Waals surface area contributed by atoms with Crippen molar-refractivity contribution < 1.29 is 13.9 Å². The first-order chi connectivity index (χ1) is 4.22. The van der Waals surface area contributed by atoms with Crippen molar-refractivity contribution in [3.8, 4) is 0 Å². The van der Waals surface area contributed by atoms with E-state index in [2.05, 4.69) is 4.74 Å². The second-order valence-corrected chi connectivity index (χ2v) is 1.63. The van der Waals surface area contributed by atoms with Gasteiger partial charge < -0.3 is 4.74 Å². The zero-order valence-electron chi connectivity index (χ0n) is 5.69. The summed E-state index contributed by atoms with van der Waals surface area (Å²) in [6.07, 6.45) is -1.25. The first kappa shape index (κ1) is 8.40. The lowest BCUT2D eigenvalue weighted by molar-refractivity contribution is -0.149. The monoisotopic (exact) mass is 134 g/mol. The van der Waals surface area contributed by atoms with Crippen LogP contribution in [-0.4, -0.2) is 18.7 Å². The molecule has 0 aliphatic heterocycles. The van der Waals surface area contributed by atoms with Crippen LogP contribution in [0.5, 0.6) is 0 Å². The maximum absolute atomic E-state index is 12.2. The summed E-state index contributed by atoms with van der Waals surface area (Å²) in [7, 11) is 0. The summed E-state index contributed by atoms with van der Waals surface area (Å²) in [4.78, 5) is 10.4.